The third kappa shape index (κ3) is 1.51. The van der Waals surface area contributed by atoms with Crippen molar-refractivity contribution in [2.24, 2.45) is 0 Å². The Morgan fingerprint density at radius 1 is 1.55 bits per heavy atom. The quantitative estimate of drug-likeness (QED) is 0.559. The second-order valence-electron chi connectivity index (χ2n) is 2.03. The van der Waals surface area contributed by atoms with E-state index >= 15 is 0 Å². The van der Waals surface area contributed by atoms with Gasteiger partial charge in [-0.05, 0) is 12.1 Å². The van der Waals surface area contributed by atoms with Gasteiger partial charge in [-0.25, -0.2) is 0 Å². The highest BCUT2D eigenvalue weighted by molar-refractivity contribution is 9.10. The summed E-state index contributed by atoms with van der Waals surface area (Å²) in [6.45, 7) is 0. The Balaban J connectivity index is 3.35. The van der Waals surface area contributed by atoms with Crippen molar-refractivity contribution in [3.63, 3.8) is 0 Å². The molecule has 0 aliphatic carbocycles. The van der Waals surface area contributed by atoms with E-state index in [0.717, 1.165) is 0 Å². The van der Waals surface area contributed by atoms with Crippen molar-refractivity contribution in [2.45, 2.75) is 0 Å². The number of hydrogen-bond donors (Lipinski definition) is 1. The Kier molecular flexibility index (Phi) is 2.14. The summed E-state index contributed by atoms with van der Waals surface area (Å²) in [5.41, 5.74) is 5.46. The molecule has 0 atom stereocenters. The normalized spacial score (nSPS) is 9.55. The number of carbonyl (C=O) groups is 1. The average Bonchev–Trinajstić information content (AvgIpc) is 1.96. The summed E-state index contributed by atoms with van der Waals surface area (Å²) in [5.74, 6) is -0.414. The van der Waals surface area contributed by atoms with Crippen LogP contribution >= 0.6 is 15.9 Å². The van der Waals surface area contributed by atoms with Crippen LogP contribution in [-0.4, -0.2) is 6.29 Å². The number of nitrogen functional groups attached to an aromatic ring is 1. The molecule has 0 amide bonds. The fraction of sp³-hybridized carbons (Fsp3) is 0. The van der Waals surface area contributed by atoms with Crippen LogP contribution in [0.15, 0.2) is 16.6 Å². The molecule has 1 aromatic rings. The predicted octanol–water partition coefficient (Wildman–Crippen LogP) is 0.917. The van der Waals surface area contributed by atoms with Crippen molar-refractivity contribution in [1.82, 2.24) is 0 Å². The van der Waals surface area contributed by atoms with Gasteiger partial charge < -0.3 is 10.8 Å². The van der Waals surface area contributed by atoms with Crippen molar-refractivity contribution < 1.29 is 9.90 Å². The van der Waals surface area contributed by atoms with Crippen LogP contribution < -0.4 is 10.8 Å². The number of anilines is 1. The average molecular weight is 215 g/mol. The number of carbonyl (C=O) groups excluding carboxylic acids is 1. The highest BCUT2D eigenvalue weighted by Crippen LogP contribution is 2.25. The van der Waals surface area contributed by atoms with Crippen molar-refractivity contribution in [1.29, 1.82) is 0 Å². The molecule has 4 heteroatoms. The number of halogens is 1. The number of hydrogen-bond acceptors (Lipinski definition) is 3. The summed E-state index contributed by atoms with van der Waals surface area (Å²) in [4.78, 5) is 10.3. The van der Waals surface area contributed by atoms with Gasteiger partial charge in [-0.2, -0.15) is 0 Å². The summed E-state index contributed by atoms with van der Waals surface area (Å²) in [6, 6.07) is 2.90. The summed E-state index contributed by atoms with van der Waals surface area (Å²) in [7, 11) is 0. The highest BCUT2D eigenvalue weighted by Gasteiger charge is 1.97. The van der Waals surface area contributed by atoms with E-state index in [4.69, 9.17) is 5.73 Å². The van der Waals surface area contributed by atoms with Gasteiger partial charge in [0, 0.05) is 15.7 Å². The molecule has 0 bridgehead atoms. The largest absolute Gasteiger partial charge is 0.871 e. The molecule has 0 radical (unpaired) electrons. The molecule has 0 unspecified atom stereocenters. The SMILES string of the molecule is Nc1cc(Br)cc(C=O)c1[O-]. The molecule has 0 fully saturated rings. The van der Waals surface area contributed by atoms with E-state index in [9.17, 15) is 9.90 Å². The van der Waals surface area contributed by atoms with Gasteiger partial charge in [-0.1, -0.05) is 21.7 Å². The molecule has 58 valence electrons. The van der Waals surface area contributed by atoms with Crippen LogP contribution in [0.25, 0.3) is 0 Å². The van der Waals surface area contributed by atoms with Crippen molar-refractivity contribution in [3.05, 3.63) is 22.2 Å². The molecule has 0 aliphatic rings. The van der Waals surface area contributed by atoms with Gasteiger partial charge in [-0.15, -0.1) is 0 Å². The van der Waals surface area contributed by atoms with Crippen molar-refractivity contribution >= 4 is 27.9 Å². The van der Waals surface area contributed by atoms with E-state index in [-0.39, 0.29) is 11.3 Å². The first-order chi connectivity index (χ1) is 5.15. The van der Waals surface area contributed by atoms with Crippen LogP contribution in [0, 0.1) is 0 Å². The zero-order chi connectivity index (χ0) is 8.43. The number of aldehydes is 1. The molecule has 0 spiro atoms. The van der Waals surface area contributed by atoms with Crippen LogP contribution in [-0.2, 0) is 0 Å². The third-order valence-electron chi connectivity index (χ3n) is 1.24. The van der Waals surface area contributed by atoms with Gasteiger partial charge >= 0.3 is 0 Å². The minimum absolute atomic E-state index is 0.0804. The van der Waals surface area contributed by atoms with Crippen LogP contribution in [0.5, 0.6) is 5.75 Å². The van der Waals surface area contributed by atoms with Gasteiger partial charge in [0.05, 0.1) is 0 Å². The maximum atomic E-state index is 11.0. The molecule has 0 aromatic heterocycles. The van der Waals surface area contributed by atoms with Gasteiger partial charge in [0.15, 0.2) is 0 Å². The minimum Gasteiger partial charge on any atom is -0.871 e. The van der Waals surface area contributed by atoms with Crippen LogP contribution in [0.4, 0.5) is 5.69 Å². The number of rotatable bonds is 1. The molecule has 0 heterocycles. The number of benzene rings is 1. The maximum Gasteiger partial charge on any atom is 0.149 e. The zero-order valence-corrected chi connectivity index (χ0v) is 7.09. The maximum absolute atomic E-state index is 11.0. The van der Waals surface area contributed by atoms with Crippen LogP contribution in [0.2, 0.25) is 0 Å². The minimum atomic E-state index is -0.414. The smallest absolute Gasteiger partial charge is 0.149 e. The fourth-order valence-corrected chi connectivity index (χ4v) is 1.22. The Bertz CT molecular complexity index is 299. The molecule has 0 aliphatic heterocycles. The second-order valence-corrected chi connectivity index (χ2v) is 2.95. The molecule has 1 rings (SSSR count). The van der Waals surface area contributed by atoms with E-state index in [1.165, 1.54) is 12.1 Å². The molecular formula is C7H5BrNO2-. The first kappa shape index (κ1) is 8.07. The van der Waals surface area contributed by atoms with E-state index in [0.29, 0.717) is 10.8 Å². The van der Waals surface area contributed by atoms with Crippen molar-refractivity contribution in [3.8, 4) is 5.75 Å². The Hall–Kier alpha value is -1.03. The molecule has 3 nitrogen and oxygen atoms in total. The third-order valence-corrected chi connectivity index (χ3v) is 1.70. The topological polar surface area (TPSA) is 66.2 Å². The molecule has 0 saturated heterocycles. The van der Waals surface area contributed by atoms with Gasteiger partial charge in [0.2, 0.25) is 0 Å². The standard InChI is InChI=1S/C7H6BrNO2/c8-5-1-4(3-10)7(11)6(9)2-5/h1-3,11H,9H2/p-1. The lowest BCUT2D eigenvalue weighted by Crippen LogP contribution is -2.01. The molecular weight excluding hydrogens is 210 g/mol. The van der Waals surface area contributed by atoms with Gasteiger partial charge in [-0.3, -0.25) is 4.79 Å². The predicted molar refractivity (Wildman–Crippen MR) is 43.4 cm³/mol. The second kappa shape index (κ2) is 2.92. The fourth-order valence-electron chi connectivity index (χ4n) is 0.724. The van der Waals surface area contributed by atoms with Gasteiger partial charge in [0.1, 0.15) is 6.29 Å². The molecule has 11 heavy (non-hydrogen) atoms. The van der Waals surface area contributed by atoms with E-state index in [2.05, 4.69) is 15.9 Å². The van der Waals surface area contributed by atoms with Gasteiger partial charge in [0.25, 0.3) is 0 Å². The summed E-state index contributed by atoms with van der Waals surface area (Å²) in [6.07, 6.45) is 0.490. The van der Waals surface area contributed by atoms with E-state index in [1.54, 1.807) is 0 Å². The Morgan fingerprint density at radius 2 is 2.18 bits per heavy atom. The first-order valence-electron chi connectivity index (χ1n) is 2.86. The Morgan fingerprint density at radius 3 is 2.73 bits per heavy atom. The van der Waals surface area contributed by atoms with E-state index < -0.39 is 5.75 Å². The first-order valence-corrected chi connectivity index (χ1v) is 3.65. The van der Waals surface area contributed by atoms with Crippen molar-refractivity contribution in [2.75, 3.05) is 5.73 Å². The molecule has 1 aromatic carbocycles. The molecule has 0 saturated carbocycles. The van der Waals surface area contributed by atoms with E-state index in [1.807, 2.05) is 0 Å². The lowest BCUT2D eigenvalue weighted by atomic mass is 10.2. The zero-order valence-electron chi connectivity index (χ0n) is 5.50. The van der Waals surface area contributed by atoms with Crippen LogP contribution in [0.1, 0.15) is 10.4 Å². The summed E-state index contributed by atoms with van der Waals surface area (Å²) >= 11 is 3.11. The molecule has 2 N–H and O–H groups in total. The highest BCUT2D eigenvalue weighted by atomic mass is 79.9. The summed E-state index contributed by atoms with van der Waals surface area (Å²) in [5, 5.41) is 11.0. The lowest BCUT2D eigenvalue weighted by Gasteiger charge is -2.12. The number of nitrogens with two attached hydrogens (primary N) is 1. The monoisotopic (exact) mass is 214 g/mol. The lowest BCUT2D eigenvalue weighted by molar-refractivity contribution is -0.267. The Labute approximate surface area is 72.0 Å². The van der Waals surface area contributed by atoms with Crippen LogP contribution in [0.3, 0.4) is 0 Å². The summed E-state index contributed by atoms with van der Waals surface area (Å²) < 4.78 is 0.636.